The number of aliphatic carboxylic acids is 1. The van der Waals surface area contributed by atoms with E-state index < -0.39 is 12.0 Å². The quantitative estimate of drug-likeness (QED) is 0.686. The second-order valence-electron chi connectivity index (χ2n) is 4.60. The van der Waals surface area contributed by atoms with Gasteiger partial charge >= 0.3 is 5.97 Å². The van der Waals surface area contributed by atoms with E-state index in [4.69, 9.17) is 4.74 Å². The zero-order valence-corrected chi connectivity index (χ0v) is 13.1. The van der Waals surface area contributed by atoms with Gasteiger partial charge in [-0.2, -0.15) is 0 Å². The summed E-state index contributed by atoms with van der Waals surface area (Å²) in [5.41, 5.74) is 1.03. The zero-order valence-electron chi connectivity index (χ0n) is 12.3. The van der Waals surface area contributed by atoms with Crippen LogP contribution in [0.25, 0.3) is 0 Å². The van der Waals surface area contributed by atoms with E-state index in [9.17, 15) is 9.90 Å². The lowest BCUT2D eigenvalue weighted by atomic mass is 10.1. The third-order valence-electron chi connectivity index (χ3n) is 3.14. The fourth-order valence-electron chi connectivity index (χ4n) is 1.95. The minimum Gasteiger partial charge on any atom is -0.496 e. The van der Waals surface area contributed by atoms with Crippen LogP contribution in [-0.4, -0.2) is 30.5 Å². The van der Waals surface area contributed by atoms with E-state index in [1.807, 2.05) is 24.5 Å². The maximum Gasteiger partial charge on any atom is 0.320 e. The van der Waals surface area contributed by atoms with Crippen molar-refractivity contribution in [2.75, 3.05) is 13.4 Å². The van der Waals surface area contributed by atoms with Crippen molar-refractivity contribution in [3.8, 4) is 5.75 Å². The van der Waals surface area contributed by atoms with Crippen LogP contribution in [0.5, 0.6) is 5.75 Å². The van der Waals surface area contributed by atoms with Crippen LogP contribution in [0.4, 0.5) is 0 Å². The molecule has 0 bridgehead atoms. The monoisotopic (exact) mass is 297 g/mol. The molecule has 0 fully saturated rings. The number of carbonyl (C=O) groups is 1. The van der Waals surface area contributed by atoms with Gasteiger partial charge in [0.1, 0.15) is 11.8 Å². The van der Waals surface area contributed by atoms with Gasteiger partial charge in [-0.25, -0.2) is 0 Å². The summed E-state index contributed by atoms with van der Waals surface area (Å²) in [4.78, 5) is 12.2. The third-order valence-corrected chi connectivity index (χ3v) is 3.92. The molecule has 0 aliphatic heterocycles. The van der Waals surface area contributed by atoms with E-state index in [1.54, 1.807) is 18.9 Å². The summed E-state index contributed by atoms with van der Waals surface area (Å²) in [6.45, 7) is 2.59. The highest BCUT2D eigenvalue weighted by Gasteiger charge is 2.15. The van der Waals surface area contributed by atoms with E-state index in [0.29, 0.717) is 13.0 Å². The van der Waals surface area contributed by atoms with Crippen molar-refractivity contribution in [3.05, 3.63) is 23.8 Å². The van der Waals surface area contributed by atoms with Crippen molar-refractivity contribution >= 4 is 17.7 Å². The predicted octanol–water partition coefficient (Wildman–Crippen LogP) is 3.15. The van der Waals surface area contributed by atoms with Crippen LogP contribution in [0.2, 0.25) is 0 Å². The third kappa shape index (κ3) is 5.06. The number of ether oxygens (including phenoxy) is 1. The fraction of sp³-hybridized carbons (Fsp3) is 0.533. The molecule has 0 aromatic heterocycles. The lowest BCUT2D eigenvalue weighted by molar-refractivity contribution is -0.139. The zero-order chi connectivity index (χ0) is 15.0. The van der Waals surface area contributed by atoms with Gasteiger partial charge in [-0.05, 0) is 30.4 Å². The van der Waals surface area contributed by atoms with Crippen molar-refractivity contribution in [2.45, 2.75) is 43.7 Å². The summed E-state index contributed by atoms with van der Waals surface area (Å²) >= 11 is 1.63. The molecule has 0 heterocycles. The number of rotatable bonds is 9. The van der Waals surface area contributed by atoms with Crippen molar-refractivity contribution in [1.82, 2.24) is 5.32 Å². The number of benzene rings is 1. The SMILES string of the molecule is CCCCC(NCc1ccc(SC)c(OC)c1)C(=O)O. The molecule has 1 unspecified atom stereocenters. The van der Waals surface area contributed by atoms with Gasteiger partial charge in [0.2, 0.25) is 0 Å². The van der Waals surface area contributed by atoms with Crippen molar-refractivity contribution < 1.29 is 14.6 Å². The van der Waals surface area contributed by atoms with Crippen LogP contribution < -0.4 is 10.1 Å². The molecule has 20 heavy (non-hydrogen) atoms. The van der Waals surface area contributed by atoms with E-state index in [0.717, 1.165) is 29.1 Å². The molecule has 0 aliphatic rings. The van der Waals surface area contributed by atoms with Crippen LogP contribution >= 0.6 is 11.8 Å². The standard InChI is InChI=1S/C15H23NO3S/c1-4-5-6-12(15(17)18)16-10-11-7-8-14(20-3)13(9-11)19-2/h7-9,12,16H,4-6,10H2,1-3H3,(H,17,18). The van der Waals surface area contributed by atoms with E-state index in [-0.39, 0.29) is 0 Å². The number of thioether (sulfide) groups is 1. The second-order valence-corrected chi connectivity index (χ2v) is 5.45. The molecule has 0 spiro atoms. The Morgan fingerprint density at radius 3 is 2.80 bits per heavy atom. The van der Waals surface area contributed by atoms with E-state index in [1.165, 1.54) is 0 Å². The number of methoxy groups -OCH3 is 1. The molecule has 2 N–H and O–H groups in total. The first-order chi connectivity index (χ1) is 9.62. The van der Waals surface area contributed by atoms with Gasteiger partial charge in [0.05, 0.1) is 7.11 Å². The van der Waals surface area contributed by atoms with Gasteiger partial charge in [-0.15, -0.1) is 11.8 Å². The molecule has 1 aromatic carbocycles. The van der Waals surface area contributed by atoms with Crippen LogP contribution in [0.1, 0.15) is 31.7 Å². The Morgan fingerprint density at radius 1 is 1.50 bits per heavy atom. The summed E-state index contributed by atoms with van der Waals surface area (Å²) in [7, 11) is 1.65. The van der Waals surface area contributed by atoms with Gasteiger partial charge < -0.3 is 15.2 Å². The molecule has 1 rings (SSSR count). The highest BCUT2D eigenvalue weighted by atomic mass is 32.2. The summed E-state index contributed by atoms with van der Waals surface area (Å²) in [5.74, 6) is 0.0448. The molecule has 4 nitrogen and oxygen atoms in total. The number of nitrogens with one attached hydrogen (secondary N) is 1. The smallest absolute Gasteiger partial charge is 0.320 e. The first-order valence-electron chi connectivity index (χ1n) is 6.79. The van der Waals surface area contributed by atoms with Crippen LogP contribution in [-0.2, 0) is 11.3 Å². The Hall–Kier alpha value is -1.20. The first-order valence-corrected chi connectivity index (χ1v) is 8.02. The van der Waals surface area contributed by atoms with Crippen molar-refractivity contribution in [2.24, 2.45) is 0 Å². The lowest BCUT2D eigenvalue weighted by Crippen LogP contribution is -2.36. The maximum atomic E-state index is 11.2. The van der Waals surface area contributed by atoms with Gasteiger partial charge in [0.15, 0.2) is 0 Å². The molecule has 0 aliphatic carbocycles. The second kappa shape index (κ2) is 8.87. The van der Waals surface area contributed by atoms with Gasteiger partial charge in [-0.3, -0.25) is 4.79 Å². The van der Waals surface area contributed by atoms with Gasteiger partial charge in [-0.1, -0.05) is 25.8 Å². The molecule has 0 saturated carbocycles. The van der Waals surface area contributed by atoms with Crippen molar-refractivity contribution in [3.63, 3.8) is 0 Å². The molecule has 1 aromatic rings. The molecular weight excluding hydrogens is 274 g/mol. The van der Waals surface area contributed by atoms with Gasteiger partial charge in [0.25, 0.3) is 0 Å². The predicted molar refractivity (Wildman–Crippen MR) is 82.6 cm³/mol. The Labute approximate surface area is 124 Å². The van der Waals surface area contributed by atoms with Crippen LogP contribution in [0, 0.1) is 0 Å². The summed E-state index contributed by atoms with van der Waals surface area (Å²) in [6, 6.07) is 5.47. The van der Waals surface area contributed by atoms with Crippen molar-refractivity contribution in [1.29, 1.82) is 0 Å². The highest BCUT2D eigenvalue weighted by molar-refractivity contribution is 7.98. The fourth-order valence-corrected chi connectivity index (χ4v) is 2.50. The average molecular weight is 297 g/mol. The number of unbranched alkanes of at least 4 members (excludes halogenated alkanes) is 1. The highest BCUT2D eigenvalue weighted by Crippen LogP contribution is 2.28. The summed E-state index contributed by atoms with van der Waals surface area (Å²) in [5, 5.41) is 12.3. The lowest BCUT2D eigenvalue weighted by Gasteiger charge is -2.15. The summed E-state index contributed by atoms with van der Waals surface area (Å²) in [6.07, 6.45) is 4.58. The molecule has 0 radical (unpaired) electrons. The van der Waals surface area contributed by atoms with E-state index in [2.05, 4.69) is 12.2 Å². The summed E-state index contributed by atoms with van der Waals surface area (Å²) < 4.78 is 5.33. The molecule has 112 valence electrons. The Bertz CT molecular complexity index is 437. The molecule has 0 amide bonds. The number of hydrogen-bond donors (Lipinski definition) is 2. The largest absolute Gasteiger partial charge is 0.496 e. The minimum absolute atomic E-state index is 0.485. The average Bonchev–Trinajstić information content (AvgIpc) is 2.46. The minimum atomic E-state index is -0.786. The normalized spacial score (nSPS) is 12.2. The van der Waals surface area contributed by atoms with Crippen LogP contribution in [0.3, 0.4) is 0 Å². The molecule has 1 atom stereocenters. The van der Waals surface area contributed by atoms with Gasteiger partial charge in [0, 0.05) is 11.4 Å². The topological polar surface area (TPSA) is 58.6 Å². The van der Waals surface area contributed by atoms with E-state index >= 15 is 0 Å². The maximum absolute atomic E-state index is 11.2. The number of carboxylic acid groups (broad SMARTS) is 1. The molecule has 5 heteroatoms. The number of hydrogen-bond acceptors (Lipinski definition) is 4. The first kappa shape index (κ1) is 16.9. The Balaban J connectivity index is 2.65. The Morgan fingerprint density at radius 2 is 2.25 bits per heavy atom. The Kier molecular flexibility index (Phi) is 7.47. The van der Waals surface area contributed by atoms with Crippen LogP contribution in [0.15, 0.2) is 23.1 Å². The molecular formula is C15H23NO3S. The molecule has 0 saturated heterocycles. The number of carboxylic acids is 1.